The molecule has 94 valence electrons. The molecule has 1 aromatic carbocycles. The molecule has 0 atom stereocenters. The summed E-state index contributed by atoms with van der Waals surface area (Å²) in [6.45, 7) is 1.33. The summed E-state index contributed by atoms with van der Waals surface area (Å²) in [7, 11) is 0. The number of hydrogen-bond donors (Lipinski definition) is 1. The number of alkyl halides is 3. The zero-order valence-corrected chi connectivity index (χ0v) is 9.38. The van der Waals surface area contributed by atoms with Gasteiger partial charge in [0.05, 0.1) is 16.8 Å². The van der Waals surface area contributed by atoms with Crippen LogP contribution < -0.4 is 5.32 Å². The van der Waals surface area contributed by atoms with Crippen LogP contribution in [-0.2, 0) is 11.0 Å². The number of nitrogens with one attached hydrogen (secondary N) is 1. The van der Waals surface area contributed by atoms with E-state index in [0.29, 0.717) is 11.1 Å². The molecule has 0 spiro atoms. The first kappa shape index (κ1) is 12.3. The summed E-state index contributed by atoms with van der Waals surface area (Å²) in [5.74, 6) is -0.289. The van der Waals surface area contributed by atoms with Crippen LogP contribution in [0.2, 0.25) is 0 Å². The molecule has 0 saturated heterocycles. The van der Waals surface area contributed by atoms with Crippen molar-refractivity contribution in [3.63, 3.8) is 0 Å². The van der Waals surface area contributed by atoms with E-state index in [4.69, 9.17) is 0 Å². The number of halogens is 3. The van der Waals surface area contributed by atoms with Crippen molar-refractivity contribution in [2.75, 3.05) is 5.32 Å². The normalized spacial score (nSPS) is 11.6. The molecule has 0 fully saturated rings. The summed E-state index contributed by atoms with van der Waals surface area (Å²) in [6.07, 6.45) is -3.05. The lowest BCUT2D eigenvalue weighted by molar-refractivity contribution is -0.137. The second-order valence-electron chi connectivity index (χ2n) is 3.77. The van der Waals surface area contributed by atoms with E-state index in [2.05, 4.69) is 10.3 Å². The zero-order valence-electron chi connectivity index (χ0n) is 9.38. The summed E-state index contributed by atoms with van der Waals surface area (Å²) in [5, 5.41) is 3.02. The second-order valence-corrected chi connectivity index (χ2v) is 3.77. The molecule has 0 bridgehead atoms. The Morgan fingerprint density at radius 3 is 2.61 bits per heavy atom. The van der Waals surface area contributed by atoms with E-state index in [-0.39, 0.29) is 11.4 Å². The summed E-state index contributed by atoms with van der Waals surface area (Å²) < 4.78 is 37.6. The Hall–Kier alpha value is -2.11. The van der Waals surface area contributed by atoms with Crippen LogP contribution >= 0.6 is 0 Å². The SMILES string of the molecule is CC(=O)Nc1ccnc2cc(C(F)(F)F)ccc12. The molecule has 1 aromatic heterocycles. The van der Waals surface area contributed by atoms with E-state index in [9.17, 15) is 18.0 Å². The molecule has 0 radical (unpaired) electrons. The summed E-state index contributed by atoms with van der Waals surface area (Å²) in [5.41, 5.74) is -0.125. The topological polar surface area (TPSA) is 42.0 Å². The maximum atomic E-state index is 12.5. The quantitative estimate of drug-likeness (QED) is 0.849. The monoisotopic (exact) mass is 254 g/mol. The minimum Gasteiger partial charge on any atom is -0.326 e. The molecule has 2 rings (SSSR count). The van der Waals surface area contributed by atoms with E-state index in [0.717, 1.165) is 12.1 Å². The Bertz CT molecular complexity index is 608. The standard InChI is InChI=1S/C12H9F3N2O/c1-7(18)17-10-4-5-16-11-6-8(12(13,14)15)2-3-9(10)11/h2-6H,1H3,(H,16,17,18). The predicted octanol–water partition coefficient (Wildman–Crippen LogP) is 3.21. The van der Waals surface area contributed by atoms with Crippen LogP contribution in [0.5, 0.6) is 0 Å². The van der Waals surface area contributed by atoms with E-state index >= 15 is 0 Å². The summed E-state index contributed by atoms with van der Waals surface area (Å²) in [4.78, 5) is 14.8. The molecule has 1 heterocycles. The number of anilines is 1. The second kappa shape index (κ2) is 4.29. The van der Waals surface area contributed by atoms with Gasteiger partial charge in [-0.2, -0.15) is 13.2 Å². The largest absolute Gasteiger partial charge is 0.416 e. The van der Waals surface area contributed by atoms with Gasteiger partial charge in [0.25, 0.3) is 0 Å². The van der Waals surface area contributed by atoms with Gasteiger partial charge in [-0.25, -0.2) is 0 Å². The number of hydrogen-bond acceptors (Lipinski definition) is 2. The van der Waals surface area contributed by atoms with Crippen molar-refractivity contribution in [1.82, 2.24) is 4.98 Å². The number of pyridine rings is 1. The van der Waals surface area contributed by atoms with Crippen LogP contribution in [0, 0.1) is 0 Å². The minimum atomic E-state index is -4.40. The lowest BCUT2D eigenvalue weighted by Gasteiger charge is -2.10. The number of carbonyl (C=O) groups excluding carboxylic acids is 1. The molecule has 2 aromatic rings. The third-order valence-electron chi connectivity index (χ3n) is 2.38. The molecule has 1 amide bonds. The van der Waals surface area contributed by atoms with Crippen molar-refractivity contribution < 1.29 is 18.0 Å². The molecule has 1 N–H and O–H groups in total. The number of fused-ring (bicyclic) bond motifs is 1. The molecule has 18 heavy (non-hydrogen) atoms. The van der Waals surface area contributed by atoms with Crippen molar-refractivity contribution in [2.45, 2.75) is 13.1 Å². The van der Waals surface area contributed by atoms with Crippen molar-refractivity contribution in [3.05, 3.63) is 36.0 Å². The first-order valence-corrected chi connectivity index (χ1v) is 5.11. The first-order chi connectivity index (χ1) is 8.38. The average molecular weight is 254 g/mol. The minimum absolute atomic E-state index is 0.191. The van der Waals surface area contributed by atoms with Gasteiger partial charge in [0.15, 0.2) is 0 Å². The van der Waals surface area contributed by atoms with Gasteiger partial charge in [0.1, 0.15) is 0 Å². The van der Waals surface area contributed by atoms with Gasteiger partial charge < -0.3 is 5.32 Å². The van der Waals surface area contributed by atoms with E-state index < -0.39 is 11.7 Å². The van der Waals surface area contributed by atoms with Crippen molar-refractivity contribution >= 4 is 22.5 Å². The highest BCUT2D eigenvalue weighted by atomic mass is 19.4. The zero-order chi connectivity index (χ0) is 13.3. The van der Waals surface area contributed by atoms with Crippen LogP contribution in [0.1, 0.15) is 12.5 Å². The van der Waals surface area contributed by atoms with E-state index in [1.165, 1.54) is 25.3 Å². The molecule has 6 heteroatoms. The van der Waals surface area contributed by atoms with Gasteiger partial charge in [0, 0.05) is 18.5 Å². The van der Waals surface area contributed by atoms with Gasteiger partial charge >= 0.3 is 6.18 Å². The number of nitrogens with zero attached hydrogens (tertiary/aromatic N) is 1. The summed E-state index contributed by atoms with van der Waals surface area (Å²) in [6, 6.07) is 4.77. The van der Waals surface area contributed by atoms with Crippen LogP contribution in [0.25, 0.3) is 10.9 Å². The number of amides is 1. The van der Waals surface area contributed by atoms with Crippen LogP contribution in [0.4, 0.5) is 18.9 Å². The Balaban J connectivity index is 2.57. The summed E-state index contributed by atoms with van der Waals surface area (Å²) >= 11 is 0. The average Bonchev–Trinajstić information content (AvgIpc) is 2.27. The first-order valence-electron chi connectivity index (χ1n) is 5.11. The highest BCUT2D eigenvalue weighted by molar-refractivity contribution is 6.00. The lowest BCUT2D eigenvalue weighted by atomic mass is 10.1. The highest BCUT2D eigenvalue weighted by Gasteiger charge is 2.30. The van der Waals surface area contributed by atoms with Gasteiger partial charge in [-0.05, 0) is 18.2 Å². The fourth-order valence-electron chi connectivity index (χ4n) is 1.62. The van der Waals surface area contributed by atoms with Crippen LogP contribution in [0.3, 0.4) is 0 Å². The van der Waals surface area contributed by atoms with Gasteiger partial charge in [-0.1, -0.05) is 6.07 Å². The van der Waals surface area contributed by atoms with Crippen molar-refractivity contribution in [2.24, 2.45) is 0 Å². The van der Waals surface area contributed by atoms with Crippen LogP contribution in [-0.4, -0.2) is 10.9 Å². The molecule has 3 nitrogen and oxygen atoms in total. The number of rotatable bonds is 1. The molecule has 0 aliphatic rings. The molecule has 0 aliphatic heterocycles. The molecular weight excluding hydrogens is 245 g/mol. The van der Waals surface area contributed by atoms with Gasteiger partial charge in [-0.3, -0.25) is 9.78 Å². The van der Waals surface area contributed by atoms with E-state index in [1.54, 1.807) is 0 Å². The molecule has 0 unspecified atom stereocenters. The third kappa shape index (κ3) is 2.42. The third-order valence-corrected chi connectivity index (χ3v) is 2.38. The van der Waals surface area contributed by atoms with Crippen molar-refractivity contribution in [3.8, 4) is 0 Å². The van der Waals surface area contributed by atoms with Crippen LogP contribution in [0.15, 0.2) is 30.5 Å². The van der Waals surface area contributed by atoms with Gasteiger partial charge in [0.2, 0.25) is 5.91 Å². The Labute approximate surface area is 101 Å². The number of carbonyl (C=O) groups is 1. The maximum Gasteiger partial charge on any atom is 0.416 e. The maximum absolute atomic E-state index is 12.5. The lowest BCUT2D eigenvalue weighted by Crippen LogP contribution is -2.07. The fraction of sp³-hybridized carbons (Fsp3) is 0.167. The Kier molecular flexibility index (Phi) is 2.94. The Morgan fingerprint density at radius 1 is 1.28 bits per heavy atom. The fourth-order valence-corrected chi connectivity index (χ4v) is 1.62. The highest BCUT2D eigenvalue weighted by Crippen LogP contribution is 2.32. The molecule has 0 aliphatic carbocycles. The predicted molar refractivity (Wildman–Crippen MR) is 61.0 cm³/mol. The Morgan fingerprint density at radius 2 is 2.00 bits per heavy atom. The van der Waals surface area contributed by atoms with Crippen molar-refractivity contribution in [1.29, 1.82) is 0 Å². The smallest absolute Gasteiger partial charge is 0.326 e. The van der Waals surface area contributed by atoms with Gasteiger partial charge in [-0.15, -0.1) is 0 Å². The van der Waals surface area contributed by atoms with E-state index in [1.807, 2.05) is 0 Å². The number of aromatic nitrogens is 1. The number of benzene rings is 1. The molecule has 0 saturated carbocycles. The molecular formula is C12H9F3N2O.